The smallest absolute Gasteiger partial charge is 0.180 e. The van der Waals surface area contributed by atoms with Crippen molar-refractivity contribution in [2.75, 3.05) is 5.32 Å². The summed E-state index contributed by atoms with van der Waals surface area (Å²) in [6.07, 6.45) is 8.92. The fraction of sp³-hybridized carbons (Fsp3) is 0.0588. The van der Waals surface area contributed by atoms with Gasteiger partial charge in [0.25, 0.3) is 0 Å². The first-order chi connectivity index (χ1) is 11.7. The van der Waals surface area contributed by atoms with Crippen LogP contribution in [0.4, 0.5) is 11.5 Å². The molecule has 0 amide bonds. The number of H-pyrrole nitrogens is 1. The first-order valence-electron chi connectivity index (χ1n) is 7.41. The van der Waals surface area contributed by atoms with Gasteiger partial charge in [0.2, 0.25) is 0 Å². The van der Waals surface area contributed by atoms with E-state index in [1.54, 1.807) is 37.6 Å². The minimum Gasteiger partial charge on any atom is -0.337 e. The van der Waals surface area contributed by atoms with Gasteiger partial charge in [-0.2, -0.15) is 5.10 Å². The second-order valence-corrected chi connectivity index (χ2v) is 5.36. The van der Waals surface area contributed by atoms with Crippen LogP contribution < -0.4 is 5.32 Å². The van der Waals surface area contributed by atoms with Crippen molar-refractivity contribution >= 4 is 22.9 Å². The lowest BCUT2D eigenvalue weighted by Gasteiger charge is -2.09. The van der Waals surface area contributed by atoms with E-state index in [9.17, 15) is 4.79 Å². The third-order valence-corrected chi connectivity index (χ3v) is 3.78. The summed E-state index contributed by atoms with van der Waals surface area (Å²) < 4.78 is 1.95. The Hall–Kier alpha value is -3.48. The number of rotatable bonds is 4. The van der Waals surface area contributed by atoms with Crippen molar-refractivity contribution in [3.8, 4) is 11.3 Å². The fourth-order valence-corrected chi connectivity index (χ4v) is 2.54. The summed E-state index contributed by atoms with van der Waals surface area (Å²) in [6.45, 7) is 1.55. The van der Waals surface area contributed by atoms with Crippen molar-refractivity contribution in [2.24, 2.45) is 0 Å². The summed E-state index contributed by atoms with van der Waals surface area (Å²) >= 11 is 0. The number of imidazole rings is 1. The molecule has 4 rings (SSSR count). The molecule has 0 atom stereocenters. The van der Waals surface area contributed by atoms with E-state index < -0.39 is 0 Å². The lowest BCUT2D eigenvalue weighted by molar-refractivity contribution is 0.101. The van der Waals surface area contributed by atoms with Crippen molar-refractivity contribution < 1.29 is 4.79 Å². The number of benzene rings is 1. The van der Waals surface area contributed by atoms with E-state index in [4.69, 9.17) is 0 Å². The summed E-state index contributed by atoms with van der Waals surface area (Å²) in [5.41, 5.74) is 4.06. The van der Waals surface area contributed by atoms with Crippen molar-refractivity contribution in [2.45, 2.75) is 6.92 Å². The van der Waals surface area contributed by atoms with Gasteiger partial charge in [-0.15, -0.1) is 0 Å². The predicted octanol–water partition coefficient (Wildman–Crippen LogP) is 3.07. The van der Waals surface area contributed by atoms with Crippen LogP contribution in [0, 0.1) is 0 Å². The molecule has 2 N–H and O–H groups in total. The van der Waals surface area contributed by atoms with E-state index >= 15 is 0 Å². The van der Waals surface area contributed by atoms with Crippen LogP contribution in [-0.4, -0.2) is 30.3 Å². The summed E-state index contributed by atoms with van der Waals surface area (Å²) in [5, 5.41) is 10.0. The zero-order valence-corrected chi connectivity index (χ0v) is 12.9. The number of hydrogen-bond donors (Lipinski definition) is 2. The number of nitrogens with zero attached hydrogens (tertiary/aromatic N) is 4. The molecule has 118 valence electrons. The van der Waals surface area contributed by atoms with Gasteiger partial charge < -0.3 is 5.32 Å². The van der Waals surface area contributed by atoms with Crippen LogP contribution in [0.3, 0.4) is 0 Å². The van der Waals surface area contributed by atoms with Crippen molar-refractivity contribution in [1.29, 1.82) is 0 Å². The van der Waals surface area contributed by atoms with Crippen LogP contribution >= 0.6 is 0 Å². The van der Waals surface area contributed by atoms with E-state index in [-0.39, 0.29) is 5.78 Å². The Balaban J connectivity index is 1.72. The zero-order chi connectivity index (χ0) is 16.5. The SMILES string of the molecule is CC(=O)c1ccc(Nc2ncc(-c3cn[nH]c3)n3ccnc23)cc1. The number of hydrogen-bond acceptors (Lipinski definition) is 5. The molecule has 7 nitrogen and oxygen atoms in total. The molecule has 1 aromatic carbocycles. The standard InChI is InChI=1S/C17H14N6O/c1-11(24)12-2-4-14(5-3-12)22-16-17-18-6-7-23(17)15(10-19-16)13-8-20-21-9-13/h2-10H,1H3,(H,19,22)(H,20,21). The minimum atomic E-state index is 0.0415. The maximum absolute atomic E-state index is 11.4. The molecule has 0 aliphatic heterocycles. The third kappa shape index (κ3) is 2.41. The molecule has 0 aliphatic carbocycles. The minimum absolute atomic E-state index is 0.0415. The molecular formula is C17H14N6O. The Labute approximate surface area is 137 Å². The molecule has 24 heavy (non-hydrogen) atoms. The van der Waals surface area contributed by atoms with Gasteiger partial charge in [-0.25, -0.2) is 9.97 Å². The average Bonchev–Trinajstić information content (AvgIpc) is 3.27. The highest BCUT2D eigenvalue weighted by Gasteiger charge is 2.11. The van der Waals surface area contributed by atoms with Gasteiger partial charge in [-0.1, -0.05) is 0 Å². The van der Waals surface area contributed by atoms with Gasteiger partial charge in [-0.05, 0) is 31.2 Å². The number of Topliss-reactive ketones (excluding diaryl/α,β-unsaturated/α-hetero) is 1. The number of nitrogens with one attached hydrogen (secondary N) is 2. The van der Waals surface area contributed by atoms with Crippen LogP contribution in [0.5, 0.6) is 0 Å². The molecule has 0 spiro atoms. The Bertz CT molecular complexity index is 1000. The number of aromatic amines is 1. The zero-order valence-electron chi connectivity index (χ0n) is 12.9. The van der Waals surface area contributed by atoms with Crippen LogP contribution in [0.2, 0.25) is 0 Å². The van der Waals surface area contributed by atoms with Gasteiger partial charge in [-0.3, -0.25) is 14.3 Å². The molecule has 0 saturated heterocycles. The predicted molar refractivity (Wildman–Crippen MR) is 90.3 cm³/mol. The summed E-state index contributed by atoms with van der Waals surface area (Å²) in [6, 6.07) is 7.27. The highest BCUT2D eigenvalue weighted by atomic mass is 16.1. The van der Waals surface area contributed by atoms with E-state index in [1.807, 2.05) is 28.9 Å². The first-order valence-corrected chi connectivity index (χ1v) is 7.41. The number of ketones is 1. The van der Waals surface area contributed by atoms with Gasteiger partial charge >= 0.3 is 0 Å². The molecule has 0 saturated carbocycles. The monoisotopic (exact) mass is 318 g/mol. The van der Waals surface area contributed by atoms with E-state index in [1.165, 1.54) is 0 Å². The van der Waals surface area contributed by atoms with Gasteiger partial charge in [0, 0.05) is 35.4 Å². The highest BCUT2D eigenvalue weighted by molar-refractivity contribution is 5.94. The summed E-state index contributed by atoms with van der Waals surface area (Å²) in [4.78, 5) is 20.2. The number of carbonyl (C=O) groups is 1. The molecule has 0 unspecified atom stereocenters. The van der Waals surface area contributed by atoms with Crippen LogP contribution in [0.15, 0.2) is 55.2 Å². The van der Waals surface area contributed by atoms with E-state index in [0.717, 1.165) is 16.9 Å². The molecular weight excluding hydrogens is 304 g/mol. The fourth-order valence-electron chi connectivity index (χ4n) is 2.54. The van der Waals surface area contributed by atoms with Crippen LogP contribution in [0.1, 0.15) is 17.3 Å². The normalized spacial score (nSPS) is 10.9. The van der Waals surface area contributed by atoms with E-state index in [2.05, 4.69) is 25.5 Å². The number of fused-ring (bicyclic) bond motifs is 1. The largest absolute Gasteiger partial charge is 0.337 e. The second kappa shape index (κ2) is 5.62. The van der Waals surface area contributed by atoms with Crippen LogP contribution in [0.25, 0.3) is 16.9 Å². The van der Waals surface area contributed by atoms with Crippen molar-refractivity contribution in [1.82, 2.24) is 24.6 Å². The Morgan fingerprint density at radius 1 is 1.17 bits per heavy atom. The molecule has 3 heterocycles. The molecule has 4 aromatic rings. The van der Waals surface area contributed by atoms with E-state index in [0.29, 0.717) is 17.0 Å². The molecule has 7 heteroatoms. The van der Waals surface area contributed by atoms with Gasteiger partial charge in [0.05, 0.1) is 18.1 Å². The lowest BCUT2D eigenvalue weighted by atomic mass is 10.1. The quantitative estimate of drug-likeness (QED) is 0.565. The highest BCUT2D eigenvalue weighted by Crippen LogP contribution is 2.24. The summed E-state index contributed by atoms with van der Waals surface area (Å²) in [5.74, 6) is 0.683. The van der Waals surface area contributed by atoms with Crippen LogP contribution in [-0.2, 0) is 0 Å². The molecule has 0 radical (unpaired) electrons. The Morgan fingerprint density at radius 3 is 2.71 bits per heavy atom. The third-order valence-electron chi connectivity index (χ3n) is 3.78. The number of carbonyl (C=O) groups excluding carboxylic acids is 1. The maximum Gasteiger partial charge on any atom is 0.180 e. The first kappa shape index (κ1) is 14.1. The number of anilines is 2. The lowest BCUT2D eigenvalue weighted by Crippen LogP contribution is -2.01. The van der Waals surface area contributed by atoms with Crippen molar-refractivity contribution in [3.05, 3.63) is 60.8 Å². The molecule has 0 fully saturated rings. The number of aromatic nitrogens is 5. The molecule has 0 aliphatic rings. The Kier molecular flexibility index (Phi) is 3.31. The van der Waals surface area contributed by atoms with Gasteiger partial charge in [0.15, 0.2) is 17.2 Å². The maximum atomic E-state index is 11.4. The second-order valence-electron chi connectivity index (χ2n) is 5.36. The average molecular weight is 318 g/mol. The molecule has 0 bridgehead atoms. The molecule has 3 aromatic heterocycles. The van der Waals surface area contributed by atoms with Crippen molar-refractivity contribution in [3.63, 3.8) is 0 Å². The topological polar surface area (TPSA) is 88.0 Å². The van der Waals surface area contributed by atoms with Gasteiger partial charge in [0.1, 0.15) is 0 Å². The Morgan fingerprint density at radius 2 is 2.00 bits per heavy atom. The summed E-state index contributed by atoms with van der Waals surface area (Å²) in [7, 11) is 0.